The number of rotatable bonds is 3. The monoisotopic (exact) mass is 364 g/mol. The first-order chi connectivity index (χ1) is 13.1. The van der Waals surface area contributed by atoms with E-state index in [1.165, 1.54) is 7.11 Å². The number of nitrogens with zero attached hydrogens (tertiary/aromatic N) is 2. The second-order valence-corrected chi connectivity index (χ2v) is 6.53. The Balaban J connectivity index is 1.95. The number of allylic oxidation sites excluding steroid dienone is 2. The number of carbonyl (C=O) groups excluding carboxylic acids is 2. The maximum Gasteiger partial charge on any atom is 0.230 e. The maximum atomic E-state index is 13.1. The van der Waals surface area contributed by atoms with Crippen LogP contribution >= 0.6 is 0 Å². The number of benzene rings is 1. The summed E-state index contributed by atoms with van der Waals surface area (Å²) in [6.45, 7) is 4.21. The van der Waals surface area contributed by atoms with Crippen LogP contribution in [0.5, 0.6) is 0 Å². The number of fused-ring (bicyclic) bond motifs is 1. The quantitative estimate of drug-likeness (QED) is 0.834. The fourth-order valence-corrected chi connectivity index (χ4v) is 3.54. The van der Waals surface area contributed by atoms with Crippen molar-refractivity contribution in [1.82, 2.24) is 4.98 Å². The van der Waals surface area contributed by atoms with Crippen LogP contribution in [0.15, 0.2) is 47.7 Å². The number of anilines is 1. The van der Waals surface area contributed by atoms with Gasteiger partial charge in [0, 0.05) is 18.7 Å². The molecule has 6 heteroatoms. The molecule has 0 N–H and O–H groups in total. The van der Waals surface area contributed by atoms with E-state index < -0.39 is 0 Å². The molecule has 2 heterocycles. The van der Waals surface area contributed by atoms with Gasteiger partial charge in [-0.3, -0.25) is 9.59 Å². The molecular weight excluding hydrogens is 344 g/mol. The molecule has 6 nitrogen and oxygen atoms in total. The van der Waals surface area contributed by atoms with Crippen molar-refractivity contribution in [2.45, 2.75) is 6.92 Å². The summed E-state index contributed by atoms with van der Waals surface area (Å²) < 4.78 is 10.7. The van der Waals surface area contributed by atoms with Crippen LogP contribution in [0.25, 0.3) is 11.1 Å². The van der Waals surface area contributed by atoms with Gasteiger partial charge in [0.2, 0.25) is 11.6 Å². The minimum atomic E-state index is -0.301. The van der Waals surface area contributed by atoms with Gasteiger partial charge in [-0.25, -0.2) is 4.98 Å². The Bertz CT molecular complexity index is 944. The van der Waals surface area contributed by atoms with Crippen molar-refractivity contribution in [3.63, 3.8) is 0 Å². The molecule has 1 aromatic heterocycles. The molecule has 4 rings (SSSR count). The van der Waals surface area contributed by atoms with E-state index in [4.69, 9.17) is 9.47 Å². The number of aromatic nitrogens is 1. The molecule has 1 aliphatic carbocycles. The third kappa shape index (κ3) is 2.92. The summed E-state index contributed by atoms with van der Waals surface area (Å²) in [5.41, 5.74) is 2.36. The molecule has 138 valence electrons. The zero-order valence-corrected chi connectivity index (χ0v) is 15.3. The van der Waals surface area contributed by atoms with Crippen molar-refractivity contribution in [2.24, 2.45) is 0 Å². The largest absolute Gasteiger partial charge is 0.492 e. The molecule has 0 unspecified atom stereocenters. The molecule has 0 bridgehead atoms. The third-order valence-corrected chi connectivity index (χ3v) is 4.96. The fraction of sp³-hybridized carbons (Fsp3) is 0.286. The van der Waals surface area contributed by atoms with E-state index in [9.17, 15) is 9.59 Å². The van der Waals surface area contributed by atoms with Gasteiger partial charge in [-0.15, -0.1) is 0 Å². The minimum Gasteiger partial charge on any atom is -0.492 e. The van der Waals surface area contributed by atoms with Crippen molar-refractivity contribution in [2.75, 3.05) is 38.3 Å². The van der Waals surface area contributed by atoms with Crippen molar-refractivity contribution in [3.05, 3.63) is 59.0 Å². The van der Waals surface area contributed by atoms with Crippen LogP contribution in [0, 0.1) is 0 Å². The van der Waals surface area contributed by atoms with Crippen LogP contribution < -0.4 is 4.90 Å². The van der Waals surface area contributed by atoms with Gasteiger partial charge in [0.15, 0.2) is 5.76 Å². The summed E-state index contributed by atoms with van der Waals surface area (Å²) in [6.07, 6.45) is 0. The number of pyridine rings is 1. The van der Waals surface area contributed by atoms with E-state index in [2.05, 4.69) is 9.88 Å². The van der Waals surface area contributed by atoms with Crippen LogP contribution in [0.4, 0.5) is 5.82 Å². The smallest absolute Gasteiger partial charge is 0.230 e. The Morgan fingerprint density at radius 1 is 1.07 bits per heavy atom. The van der Waals surface area contributed by atoms with Gasteiger partial charge < -0.3 is 14.4 Å². The highest BCUT2D eigenvalue weighted by Crippen LogP contribution is 2.36. The Labute approximate surface area is 157 Å². The number of ether oxygens (including phenoxy) is 2. The van der Waals surface area contributed by atoms with Gasteiger partial charge in [-0.05, 0) is 24.1 Å². The highest BCUT2D eigenvalue weighted by molar-refractivity contribution is 6.27. The predicted octanol–water partition coefficient (Wildman–Crippen LogP) is 2.88. The maximum absolute atomic E-state index is 13.1. The Morgan fingerprint density at radius 2 is 1.78 bits per heavy atom. The second-order valence-electron chi connectivity index (χ2n) is 6.53. The number of methoxy groups -OCH3 is 1. The molecule has 2 aromatic rings. The van der Waals surface area contributed by atoms with E-state index >= 15 is 0 Å². The Hall–Kier alpha value is -2.99. The Kier molecular flexibility index (Phi) is 4.49. The van der Waals surface area contributed by atoms with E-state index in [1.807, 2.05) is 36.4 Å². The fourth-order valence-electron chi connectivity index (χ4n) is 3.54. The SMILES string of the molecule is COC1=C(C)C(=O)c2nc(N3CCOCC3)cc(-c3ccccc3)c2C1=O. The van der Waals surface area contributed by atoms with Crippen molar-refractivity contribution in [1.29, 1.82) is 0 Å². The standard InChI is InChI=1S/C21H20N2O4/c1-13-19(24)18-17(20(25)21(13)26-2)15(14-6-4-3-5-7-14)12-16(22-18)23-8-10-27-11-9-23/h3-7,12H,8-11H2,1-2H3. The van der Waals surface area contributed by atoms with Gasteiger partial charge in [-0.2, -0.15) is 0 Å². The first kappa shape index (κ1) is 17.4. The van der Waals surface area contributed by atoms with Crippen LogP contribution in [-0.2, 0) is 9.47 Å². The van der Waals surface area contributed by atoms with Crippen molar-refractivity contribution in [3.8, 4) is 11.1 Å². The molecule has 0 spiro atoms. The second kappa shape index (κ2) is 6.96. The molecule has 1 aliphatic heterocycles. The van der Waals surface area contributed by atoms with E-state index in [-0.39, 0.29) is 23.0 Å². The normalized spacial score (nSPS) is 17.2. The summed E-state index contributed by atoms with van der Waals surface area (Å²) in [5.74, 6) is 0.203. The van der Waals surface area contributed by atoms with Gasteiger partial charge in [0.1, 0.15) is 11.5 Å². The topological polar surface area (TPSA) is 68.7 Å². The number of ketones is 2. The summed E-state index contributed by atoms with van der Waals surface area (Å²) >= 11 is 0. The summed E-state index contributed by atoms with van der Waals surface area (Å²) in [6, 6.07) is 11.5. The van der Waals surface area contributed by atoms with Gasteiger partial charge in [-0.1, -0.05) is 30.3 Å². The van der Waals surface area contributed by atoms with Gasteiger partial charge in [0.05, 0.1) is 25.9 Å². The molecule has 1 aromatic carbocycles. The molecular formula is C21H20N2O4. The lowest BCUT2D eigenvalue weighted by Crippen LogP contribution is -2.37. The molecule has 0 saturated carbocycles. The summed E-state index contributed by atoms with van der Waals surface area (Å²) in [5, 5.41) is 0. The first-order valence-electron chi connectivity index (χ1n) is 8.89. The first-order valence-corrected chi connectivity index (χ1v) is 8.89. The average Bonchev–Trinajstić information content (AvgIpc) is 2.73. The number of hydrogen-bond donors (Lipinski definition) is 0. The molecule has 2 aliphatic rings. The average molecular weight is 364 g/mol. The highest BCUT2D eigenvalue weighted by Gasteiger charge is 2.35. The molecule has 1 saturated heterocycles. The van der Waals surface area contributed by atoms with Gasteiger partial charge >= 0.3 is 0 Å². The lowest BCUT2D eigenvalue weighted by atomic mass is 9.87. The number of carbonyl (C=O) groups is 2. The zero-order chi connectivity index (χ0) is 19.0. The van der Waals surface area contributed by atoms with Crippen molar-refractivity contribution >= 4 is 17.4 Å². The number of hydrogen-bond acceptors (Lipinski definition) is 6. The number of morpholine rings is 1. The van der Waals surface area contributed by atoms with Gasteiger partial charge in [0.25, 0.3) is 0 Å². The minimum absolute atomic E-state index is 0.0885. The van der Waals surface area contributed by atoms with E-state index in [0.29, 0.717) is 48.8 Å². The lowest BCUT2D eigenvalue weighted by molar-refractivity contribution is 0.0904. The van der Waals surface area contributed by atoms with E-state index in [1.54, 1.807) is 6.92 Å². The highest BCUT2D eigenvalue weighted by atomic mass is 16.5. The molecule has 0 radical (unpaired) electrons. The van der Waals surface area contributed by atoms with Crippen molar-refractivity contribution < 1.29 is 19.1 Å². The van der Waals surface area contributed by atoms with Crippen LogP contribution in [-0.4, -0.2) is 50.0 Å². The summed E-state index contributed by atoms with van der Waals surface area (Å²) in [7, 11) is 1.41. The van der Waals surface area contributed by atoms with Crippen LogP contribution in [0.3, 0.4) is 0 Å². The lowest BCUT2D eigenvalue weighted by Gasteiger charge is -2.30. The third-order valence-electron chi connectivity index (χ3n) is 4.96. The summed E-state index contributed by atoms with van der Waals surface area (Å²) in [4.78, 5) is 32.7. The van der Waals surface area contributed by atoms with Crippen LogP contribution in [0.2, 0.25) is 0 Å². The molecule has 0 amide bonds. The predicted molar refractivity (Wildman–Crippen MR) is 101 cm³/mol. The Morgan fingerprint density at radius 3 is 2.44 bits per heavy atom. The molecule has 0 atom stereocenters. The van der Waals surface area contributed by atoms with E-state index in [0.717, 1.165) is 5.56 Å². The zero-order valence-electron chi connectivity index (χ0n) is 15.3. The number of Topliss-reactive ketones (excluding diaryl/α,β-unsaturated/α-hetero) is 2. The molecule has 1 fully saturated rings. The van der Waals surface area contributed by atoms with Crippen LogP contribution in [0.1, 0.15) is 27.8 Å². The molecule has 27 heavy (non-hydrogen) atoms.